The fourth-order valence-electron chi connectivity index (χ4n) is 3.51. The highest BCUT2D eigenvalue weighted by atomic mass is 32.1. The number of ether oxygens (including phenoxy) is 2. The largest absolute Gasteiger partial charge is 0.494 e. The molecule has 0 fully saturated rings. The molecule has 1 amide bonds. The van der Waals surface area contributed by atoms with E-state index in [0.717, 1.165) is 11.3 Å². The minimum atomic E-state index is -0.354. The number of fused-ring (bicyclic) bond motifs is 1. The summed E-state index contributed by atoms with van der Waals surface area (Å²) in [5.74, 6) is 1.57. The minimum absolute atomic E-state index is 0.0552. The van der Waals surface area contributed by atoms with Crippen molar-refractivity contribution in [2.75, 3.05) is 18.5 Å². The van der Waals surface area contributed by atoms with E-state index in [0.29, 0.717) is 35.0 Å². The van der Waals surface area contributed by atoms with Crippen LogP contribution in [0.25, 0.3) is 22.6 Å². The van der Waals surface area contributed by atoms with Crippen LogP contribution in [0.4, 0.5) is 5.69 Å². The van der Waals surface area contributed by atoms with Crippen molar-refractivity contribution in [2.45, 2.75) is 33.1 Å². The highest BCUT2D eigenvalue weighted by Gasteiger charge is 2.14. The van der Waals surface area contributed by atoms with Gasteiger partial charge in [0.25, 0.3) is 5.91 Å². The van der Waals surface area contributed by atoms with Gasteiger partial charge in [0.1, 0.15) is 17.0 Å². The number of oxazole rings is 1. The molecular formula is C28H29N3O4S. The zero-order valence-corrected chi connectivity index (χ0v) is 21.6. The number of hydrogen-bond donors (Lipinski definition) is 2. The van der Waals surface area contributed by atoms with E-state index in [1.54, 1.807) is 12.1 Å². The first-order chi connectivity index (χ1) is 17.2. The third-order valence-electron chi connectivity index (χ3n) is 5.40. The fraction of sp³-hybridized carbons (Fsp3) is 0.250. The first kappa shape index (κ1) is 25.2. The molecule has 0 radical (unpaired) electrons. The molecule has 0 bridgehead atoms. The molecule has 0 atom stereocenters. The quantitative estimate of drug-likeness (QED) is 0.296. The Morgan fingerprint density at radius 1 is 0.972 bits per heavy atom. The summed E-state index contributed by atoms with van der Waals surface area (Å²) in [6.45, 7) is 8.84. The van der Waals surface area contributed by atoms with Crippen LogP contribution in [-0.4, -0.2) is 29.2 Å². The van der Waals surface area contributed by atoms with Crippen LogP contribution in [-0.2, 0) is 10.2 Å². The van der Waals surface area contributed by atoms with E-state index >= 15 is 0 Å². The molecule has 2 N–H and O–H groups in total. The molecule has 186 valence electrons. The summed E-state index contributed by atoms with van der Waals surface area (Å²) in [6.07, 6.45) is 0. The Labute approximate surface area is 215 Å². The molecule has 4 rings (SSSR count). The maximum Gasteiger partial charge on any atom is 0.264 e. The second kappa shape index (κ2) is 10.8. The van der Waals surface area contributed by atoms with Crippen molar-refractivity contribution < 1.29 is 18.7 Å². The van der Waals surface area contributed by atoms with Crippen molar-refractivity contribution in [1.29, 1.82) is 0 Å². The lowest BCUT2D eigenvalue weighted by Crippen LogP contribution is -2.37. The molecule has 0 aliphatic rings. The molecule has 0 aliphatic carbocycles. The average molecular weight is 504 g/mol. The minimum Gasteiger partial charge on any atom is -0.494 e. The van der Waals surface area contributed by atoms with Crippen LogP contribution >= 0.6 is 12.2 Å². The van der Waals surface area contributed by atoms with Gasteiger partial charge in [0.15, 0.2) is 17.3 Å². The van der Waals surface area contributed by atoms with Crippen LogP contribution in [0, 0.1) is 0 Å². The molecule has 0 saturated carbocycles. The fourth-order valence-corrected chi connectivity index (χ4v) is 3.75. The molecule has 3 aromatic carbocycles. The van der Waals surface area contributed by atoms with Gasteiger partial charge in [-0.25, -0.2) is 4.98 Å². The summed E-state index contributed by atoms with van der Waals surface area (Å²) in [7, 11) is 0. The predicted molar refractivity (Wildman–Crippen MR) is 146 cm³/mol. The third-order valence-corrected chi connectivity index (χ3v) is 5.61. The smallest absolute Gasteiger partial charge is 0.264 e. The Morgan fingerprint density at radius 2 is 1.64 bits per heavy atom. The summed E-state index contributed by atoms with van der Waals surface area (Å²) in [5, 5.41) is 5.80. The first-order valence-electron chi connectivity index (χ1n) is 11.7. The Kier molecular flexibility index (Phi) is 7.55. The van der Waals surface area contributed by atoms with Crippen molar-refractivity contribution in [3.05, 3.63) is 72.3 Å². The van der Waals surface area contributed by atoms with Gasteiger partial charge in [-0.15, -0.1) is 0 Å². The van der Waals surface area contributed by atoms with Crippen molar-refractivity contribution in [1.82, 2.24) is 10.3 Å². The van der Waals surface area contributed by atoms with E-state index < -0.39 is 0 Å². The molecular weight excluding hydrogens is 474 g/mol. The molecule has 8 heteroatoms. The van der Waals surface area contributed by atoms with Crippen molar-refractivity contribution in [3.63, 3.8) is 0 Å². The number of nitrogens with zero attached hydrogens (tertiary/aromatic N) is 1. The van der Waals surface area contributed by atoms with Gasteiger partial charge in [-0.3, -0.25) is 10.1 Å². The van der Waals surface area contributed by atoms with Crippen LogP contribution in [0.1, 0.15) is 33.3 Å². The maximum absolute atomic E-state index is 12.3. The molecule has 0 aliphatic heterocycles. The van der Waals surface area contributed by atoms with Gasteiger partial charge in [0.05, 0.1) is 6.61 Å². The van der Waals surface area contributed by atoms with Gasteiger partial charge >= 0.3 is 0 Å². The third kappa shape index (κ3) is 6.40. The monoisotopic (exact) mass is 503 g/mol. The van der Waals surface area contributed by atoms with Gasteiger partial charge < -0.3 is 19.2 Å². The number of amides is 1. The topological polar surface area (TPSA) is 85.6 Å². The number of nitrogens with one attached hydrogen (secondary N) is 2. The summed E-state index contributed by atoms with van der Waals surface area (Å²) in [6, 6.07) is 20.7. The number of hydrogen-bond acceptors (Lipinski definition) is 6. The zero-order chi connectivity index (χ0) is 25.7. The van der Waals surface area contributed by atoms with E-state index in [-0.39, 0.29) is 23.0 Å². The Bertz CT molecular complexity index is 1360. The Balaban J connectivity index is 1.32. The number of benzene rings is 3. The second-order valence-electron chi connectivity index (χ2n) is 9.22. The van der Waals surface area contributed by atoms with Gasteiger partial charge in [-0.05, 0) is 84.7 Å². The van der Waals surface area contributed by atoms with Crippen molar-refractivity contribution in [3.8, 4) is 23.0 Å². The number of thiocarbonyl (C=S) groups is 1. The summed E-state index contributed by atoms with van der Waals surface area (Å²) in [5.41, 5.74) is 4.09. The number of rotatable bonds is 7. The van der Waals surface area contributed by atoms with Crippen LogP contribution in [0.5, 0.6) is 11.5 Å². The number of carbonyl (C=O) groups excluding carboxylic acids is 1. The number of aromatic nitrogens is 1. The normalized spacial score (nSPS) is 11.2. The summed E-state index contributed by atoms with van der Waals surface area (Å²) in [4.78, 5) is 16.9. The van der Waals surface area contributed by atoms with Gasteiger partial charge in [-0.1, -0.05) is 32.9 Å². The zero-order valence-electron chi connectivity index (χ0n) is 20.8. The first-order valence-corrected chi connectivity index (χ1v) is 12.1. The molecule has 0 spiro atoms. The lowest BCUT2D eigenvalue weighted by Gasteiger charge is -2.19. The molecule has 0 saturated heterocycles. The van der Waals surface area contributed by atoms with E-state index in [1.807, 2.05) is 61.5 Å². The molecule has 0 unspecified atom stereocenters. The lowest BCUT2D eigenvalue weighted by atomic mass is 9.87. The highest BCUT2D eigenvalue weighted by Crippen LogP contribution is 2.28. The average Bonchev–Trinajstić information content (AvgIpc) is 3.26. The standard InChI is InChI=1S/C28H29N3O4S/c1-5-33-21-11-6-18(7-12-21)26-30-23-16-20(10-15-24(23)35-26)29-27(36)31-25(32)17-34-22-13-8-19(9-14-22)28(2,3)4/h6-16H,5,17H2,1-4H3,(H2,29,31,32,36). The van der Waals surface area contributed by atoms with Crippen LogP contribution < -0.4 is 20.1 Å². The molecule has 36 heavy (non-hydrogen) atoms. The SMILES string of the molecule is CCOc1ccc(-c2nc3cc(NC(=S)NC(=O)COc4ccc(C(C)(C)C)cc4)ccc3o2)cc1. The lowest BCUT2D eigenvalue weighted by molar-refractivity contribution is -0.121. The molecule has 7 nitrogen and oxygen atoms in total. The second-order valence-corrected chi connectivity index (χ2v) is 9.63. The van der Waals surface area contributed by atoms with Crippen LogP contribution in [0.15, 0.2) is 71.1 Å². The maximum atomic E-state index is 12.3. The predicted octanol–water partition coefficient (Wildman–Crippen LogP) is 6.08. The Morgan fingerprint density at radius 3 is 2.31 bits per heavy atom. The van der Waals surface area contributed by atoms with E-state index in [2.05, 4.69) is 36.4 Å². The highest BCUT2D eigenvalue weighted by molar-refractivity contribution is 7.80. The molecule has 1 aromatic heterocycles. The van der Waals surface area contributed by atoms with Crippen molar-refractivity contribution >= 4 is 40.0 Å². The Hall–Kier alpha value is -3.91. The van der Waals surface area contributed by atoms with Gasteiger partial charge in [-0.2, -0.15) is 0 Å². The molecule has 4 aromatic rings. The summed E-state index contributed by atoms with van der Waals surface area (Å²) >= 11 is 5.29. The number of carbonyl (C=O) groups is 1. The van der Waals surface area contributed by atoms with E-state index in [1.165, 1.54) is 5.56 Å². The van der Waals surface area contributed by atoms with E-state index in [4.69, 9.17) is 26.1 Å². The number of anilines is 1. The van der Waals surface area contributed by atoms with Gasteiger partial charge in [0, 0.05) is 11.3 Å². The van der Waals surface area contributed by atoms with Crippen LogP contribution in [0.3, 0.4) is 0 Å². The van der Waals surface area contributed by atoms with Crippen LogP contribution in [0.2, 0.25) is 0 Å². The van der Waals surface area contributed by atoms with Crippen molar-refractivity contribution in [2.24, 2.45) is 0 Å². The summed E-state index contributed by atoms with van der Waals surface area (Å²) < 4.78 is 16.9. The molecule has 1 heterocycles. The van der Waals surface area contributed by atoms with E-state index in [9.17, 15) is 4.79 Å². The van der Waals surface area contributed by atoms with Gasteiger partial charge in [0.2, 0.25) is 5.89 Å².